The van der Waals surface area contributed by atoms with Crippen LogP contribution in [0.5, 0.6) is 5.75 Å². The summed E-state index contributed by atoms with van der Waals surface area (Å²) in [5, 5.41) is 25.9. The highest BCUT2D eigenvalue weighted by atomic mass is 16.6. The van der Waals surface area contributed by atoms with Crippen LogP contribution >= 0.6 is 0 Å². The van der Waals surface area contributed by atoms with E-state index in [9.17, 15) is 24.8 Å². The third-order valence-corrected chi connectivity index (χ3v) is 4.58. The molecule has 0 aliphatic carbocycles. The van der Waals surface area contributed by atoms with Gasteiger partial charge in [-0.1, -0.05) is 0 Å². The molecule has 1 aromatic rings. The SMILES string of the molecule is CCOc1ccc(NC(=O)C[C@H](NCCCN2CCOCC2)C(=O)O)c([N+](=O)[O-])c1. The summed E-state index contributed by atoms with van der Waals surface area (Å²) in [6.07, 6.45) is 0.382. The third kappa shape index (κ3) is 7.58. The predicted octanol–water partition coefficient (Wildman–Crippen LogP) is 1.09. The molecule has 1 atom stereocenters. The van der Waals surface area contributed by atoms with Gasteiger partial charge in [0.1, 0.15) is 17.5 Å². The number of carbonyl (C=O) groups is 2. The van der Waals surface area contributed by atoms with E-state index < -0.39 is 22.8 Å². The highest BCUT2D eigenvalue weighted by Crippen LogP contribution is 2.29. The second-order valence-electron chi connectivity index (χ2n) is 6.77. The van der Waals surface area contributed by atoms with Crippen molar-refractivity contribution < 1.29 is 29.1 Å². The Labute approximate surface area is 174 Å². The quantitative estimate of drug-likeness (QED) is 0.255. The summed E-state index contributed by atoms with van der Waals surface area (Å²) >= 11 is 0. The Balaban J connectivity index is 1.87. The maximum atomic E-state index is 12.3. The second kappa shape index (κ2) is 12.1. The first-order valence-electron chi connectivity index (χ1n) is 9.88. The maximum Gasteiger partial charge on any atom is 0.321 e. The molecule has 0 spiro atoms. The monoisotopic (exact) mass is 424 g/mol. The van der Waals surface area contributed by atoms with Crippen LogP contribution < -0.4 is 15.4 Å². The highest BCUT2D eigenvalue weighted by Gasteiger charge is 2.23. The van der Waals surface area contributed by atoms with Gasteiger partial charge >= 0.3 is 5.97 Å². The van der Waals surface area contributed by atoms with E-state index in [4.69, 9.17) is 9.47 Å². The Kier molecular flexibility index (Phi) is 9.45. The Hall–Kier alpha value is -2.76. The summed E-state index contributed by atoms with van der Waals surface area (Å²) < 4.78 is 10.5. The van der Waals surface area contributed by atoms with Gasteiger partial charge in [0.2, 0.25) is 5.91 Å². The van der Waals surface area contributed by atoms with Crippen molar-refractivity contribution in [2.24, 2.45) is 0 Å². The lowest BCUT2D eigenvalue weighted by atomic mass is 10.1. The van der Waals surface area contributed by atoms with E-state index >= 15 is 0 Å². The molecule has 2 rings (SSSR count). The number of hydrogen-bond donors (Lipinski definition) is 3. The van der Waals surface area contributed by atoms with E-state index in [0.717, 1.165) is 26.1 Å². The molecule has 0 unspecified atom stereocenters. The molecule has 0 aromatic heterocycles. The van der Waals surface area contributed by atoms with Crippen molar-refractivity contribution in [3.63, 3.8) is 0 Å². The van der Waals surface area contributed by atoms with Gasteiger partial charge in [-0.2, -0.15) is 0 Å². The van der Waals surface area contributed by atoms with Crippen LogP contribution in [0.3, 0.4) is 0 Å². The Bertz CT molecular complexity index is 738. The molecule has 1 heterocycles. The summed E-state index contributed by atoms with van der Waals surface area (Å²) in [5.41, 5.74) is -0.329. The number of ether oxygens (including phenoxy) is 2. The predicted molar refractivity (Wildman–Crippen MR) is 109 cm³/mol. The molecule has 11 nitrogen and oxygen atoms in total. The number of benzene rings is 1. The van der Waals surface area contributed by atoms with Gasteiger partial charge in [-0.05, 0) is 38.6 Å². The molecule has 1 amide bonds. The van der Waals surface area contributed by atoms with E-state index in [0.29, 0.717) is 32.1 Å². The maximum absolute atomic E-state index is 12.3. The number of carboxylic acid groups (broad SMARTS) is 1. The molecule has 0 bridgehead atoms. The van der Waals surface area contributed by atoms with Crippen molar-refractivity contribution in [2.45, 2.75) is 25.8 Å². The summed E-state index contributed by atoms with van der Waals surface area (Å²) in [6.45, 7) is 6.45. The number of amides is 1. The Morgan fingerprint density at radius 2 is 2.10 bits per heavy atom. The molecule has 1 fully saturated rings. The van der Waals surface area contributed by atoms with Gasteiger partial charge in [0, 0.05) is 13.1 Å². The number of morpholine rings is 1. The van der Waals surface area contributed by atoms with Gasteiger partial charge in [0.05, 0.1) is 37.2 Å². The van der Waals surface area contributed by atoms with Crippen LogP contribution in [0.25, 0.3) is 0 Å². The molecule has 30 heavy (non-hydrogen) atoms. The molecular formula is C19H28N4O7. The number of carboxylic acids is 1. The fourth-order valence-electron chi connectivity index (χ4n) is 3.06. The fraction of sp³-hybridized carbons (Fsp3) is 0.579. The van der Waals surface area contributed by atoms with E-state index in [1.807, 2.05) is 0 Å². The van der Waals surface area contributed by atoms with Crippen LogP contribution in [-0.2, 0) is 14.3 Å². The number of aliphatic carboxylic acids is 1. The summed E-state index contributed by atoms with van der Waals surface area (Å²) in [6, 6.07) is 3.01. The molecule has 1 aliphatic heterocycles. The minimum absolute atomic E-state index is 0.00934. The zero-order valence-electron chi connectivity index (χ0n) is 17.0. The van der Waals surface area contributed by atoms with Crippen LogP contribution in [0.2, 0.25) is 0 Å². The first kappa shape index (κ1) is 23.5. The van der Waals surface area contributed by atoms with Crippen LogP contribution in [0.4, 0.5) is 11.4 Å². The van der Waals surface area contributed by atoms with Crippen LogP contribution in [-0.4, -0.2) is 78.8 Å². The lowest BCUT2D eigenvalue weighted by Gasteiger charge is -2.26. The number of nitrogens with zero attached hydrogens (tertiary/aromatic N) is 2. The van der Waals surface area contributed by atoms with Crippen molar-refractivity contribution in [1.82, 2.24) is 10.2 Å². The topological polar surface area (TPSA) is 143 Å². The van der Waals surface area contributed by atoms with Gasteiger partial charge < -0.3 is 25.2 Å². The first-order chi connectivity index (χ1) is 14.4. The summed E-state index contributed by atoms with van der Waals surface area (Å²) in [5.74, 6) is -1.47. The third-order valence-electron chi connectivity index (χ3n) is 4.58. The number of nitro benzene ring substituents is 1. The average Bonchev–Trinajstić information content (AvgIpc) is 2.72. The molecular weight excluding hydrogens is 396 g/mol. The van der Waals surface area contributed by atoms with Crippen molar-refractivity contribution in [2.75, 3.05) is 51.3 Å². The Morgan fingerprint density at radius 3 is 2.73 bits per heavy atom. The number of hydrogen-bond acceptors (Lipinski definition) is 8. The molecule has 11 heteroatoms. The summed E-state index contributed by atoms with van der Waals surface area (Å²) in [4.78, 5) is 36.7. The number of nitrogens with one attached hydrogen (secondary N) is 2. The second-order valence-corrected chi connectivity index (χ2v) is 6.77. The van der Waals surface area contributed by atoms with Crippen molar-refractivity contribution >= 4 is 23.3 Å². The molecule has 0 radical (unpaired) electrons. The Morgan fingerprint density at radius 1 is 1.37 bits per heavy atom. The molecule has 3 N–H and O–H groups in total. The lowest BCUT2D eigenvalue weighted by Crippen LogP contribution is -2.42. The first-order valence-corrected chi connectivity index (χ1v) is 9.88. The normalized spacial score (nSPS) is 15.4. The van der Waals surface area contributed by atoms with Gasteiger partial charge in [-0.3, -0.25) is 24.6 Å². The molecule has 166 valence electrons. The van der Waals surface area contributed by atoms with Crippen LogP contribution in [0.15, 0.2) is 18.2 Å². The molecule has 1 saturated heterocycles. The smallest absolute Gasteiger partial charge is 0.321 e. The van der Waals surface area contributed by atoms with E-state index in [1.54, 1.807) is 6.92 Å². The van der Waals surface area contributed by atoms with E-state index in [1.165, 1.54) is 18.2 Å². The van der Waals surface area contributed by atoms with Crippen LogP contribution in [0.1, 0.15) is 19.8 Å². The fourth-order valence-corrected chi connectivity index (χ4v) is 3.06. The average molecular weight is 424 g/mol. The van der Waals surface area contributed by atoms with Crippen LogP contribution in [0, 0.1) is 10.1 Å². The highest BCUT2D eigenvalue weighted by molar-refractivity contribution is 5.95. The lowest BCUT2D eigenvalue weighted by molar-refractivity contribution is -0.384. The number of anilines is 1. The zero-order valence-corrected chi connectivity index (χ0v) is 17.0. The molecule has 1 aromatic carbocycles. The standard InChI is InChI=1S/C19H28N4O7/c1-2-30-14-4-5-15(17(12-14)23(27)28)21-18(24)13-16(19(25)26)20-6-3-7-22-8-10-29-11-9-22/h4-5,12,16,20H,2-3,6-11,13H2,1H3,(H,21,24)(H,25,26)/t16-/m0/s1. The van der Waals surface area contributed by atoms with Crippen molar-refractivity contribution in [3.8, 4) is 5.75 Å². The number of nitro groups is 1. The van der Waals surface area contributed by atoms with Crippen molar-refractivity contribution in [1.29, 1.82) is 0 Å². The van der Waals surface area contributed by atoms with Gasteiger partial charge in [0.25, 0.3) is 5.69 Å². The minimum Gasteiger partial charge on any atom is -0.494 e. The minimum atomic E-state index is -1.15. The van der Waals surface area contributed by atoms with Gasteiger partial charge in [0.15, 0.2) is 0 Å². The summed E-state index contributed by atoms with van der Waals surface area (Å²) in [7, 11) is 0. The van der Waals surface area contributed by atoms with E-state index in [-0.39, 0.29) is 17.8 Å². The van der Waals surface area contributed by atoms with Gasteiger partial charge in [-0.25, -0.2) is 0 Å². The van der Waals surface area contributed by atoms with Crippen molar-refractivity contribution in [3.05, 3.63) is 28.3 Å². The largest absolute Gasteiger partial charge is 0.494 e. The number of rotatable bonds is 12. The van der Waals surface area contributed by atoms with Gasteiger partial charge in [-0.15, -0.1) is 0 Å². The molecule has 1 aliphatic rings. The number of carbonyl (C=O) groups excluding carboxylic acids is 1. The van der Waals surface area contributed by atoms with E-state index in [2.05, 4.69) is 15.5 Å². The molecule has 0 saturated carbocycles. The zero-order chi connectivity index (χ0) is 21.9.